The molecule has 2 aromatic carbocycles. The van der Waals surface area contributed by atoms with Crippen molar-refractivity contribution in [2.45, 2.75) is 6.54 Å². The fraction of sp³-hybridized carbons (Fsp3) is 0.0714. The van der Waals surface area contributed by atoms with Crippen LogP contribution in [0.5, 0.6) is 5.75 Å². The highest BCUT2D eigenvalue weighted by molar-refractivity contribution is 5.81. The summed E-state index contributed by atoms with van der Waals surface area (Å²) in [6, 6.07) is 13.3. The number of phenols is 1. The molecule has 3 rings (SSSR count). The molecule has 4 heteroatoms. The Morgan fingerprint density at radius 2 is 2.06 bits per heavy atom. The maximum absolute atomic E-state index is 9.67. The van der Waals surface area contributed by atoms with Crippen LogP contribution in [-0.2, 0) is 6.54 Å². The van der Waals surface area contributed by atoms with Gasteiger partial charge in [0.1, 0.15) is 5.75 Å². The minimum atomic E-state index is 0.313. The first kappa shape index (κ1) is 10.7. The molecule has 4 nitrogen and oxygen atoms in total. The largest absolute Gasteiger partial charge is 0.508 e. The second-order valence-corrected chi connectivity index (χ2v) is 4.15. The van der Waals surface area contributed by atoms with E-state index < -0.39 is 0 Å². The van der Waals surface area contributed by atoms with E-state index >= 15 is 0 Å². The molecule has 3 N–H and O–H groups in total. The number of benzene rings is 2. The second-order valence-electron chi connectivity index (χ2n) is 4.15. The number of anilines is 1. The molecule has 0 fully saturated rings. The molecule has 3 aromatic rings. The van der Waals surface area contributed by atoms with Gasteiger partial charge in [0.05, 0.1) is 11.7 Å². The maximum Gasteiger partial charge on any atom is 0.120 e. The van der Waals surface area contributed by atoms with Crippen LogP contribution in [0.3, 0.4) is 0 Å². The Labute approximate surface area is 104 Å². The smallest absolute Gasteiger partial charge is 0.120 e. The molecular formula is C14H13N3O. The van der Waals surface area contributed by atoms with Crippen molar-refractivity contribution in [2.75, 3.05) is 5.32 Å². The van der Waals surface area contributed by atoms with Crippen molar-refractivity contribution < 1.29 is 5.11 Å². The number of rotatable bonds is 3. The normalized spacial score (nSPS) is 10.7. The molecule has 0 saturated carbocycles. The van der Waals surface area contributed by atoms with Gasteiger partial charge in [-0.15, -0.1) is 0 Å². The molecular weight excluding hydrogens is 226 g/mol. The van der Waals surface area contributed by atoms with E-state index in [2.05, 4.69) is 15.5 Å². The van der Waals surface area contributed by atoms with Crippen LogP contribution in [-0.4, -0.2) is 15.3 Å². The number of aromatic amines is 1. The first-order chi connectivity index (χ1) is 8.83. The van der Waals surface area contributed by atoms with Crippen LogP contribution in [0.2, 0.25) is 0 Å². The number of aromatic nitrogens is 2. The Kier molecular flexibility index (Phi) is 2.61. The molecule has 1 aromatic heterocycles. The fourth-order valence-electron chi connectivity index (χ4n) is 1.90. The third-order valence-electron chi connectivity index (χ3n) is 2.92. The highest BCUT2D eigenvalue weighted by Crippen LogP contribution is 2.20. The second kappa shape index (κ2) is 4.41. The van der Waals surface area contributed by atoms with Gasteiger partial charge in [-0.3, -0.25) is 5.10 Å². The average Bonchev–Trinajstić information content (AvgIpc) is 2.85. The van der Waals surface area contributed by atoms with E-state index in [4.69, 9.17) is 0 Å². The number of aromatic hydroxyl groups is 1. The number of para-hydroxylation sites is 1. The van der Waals surface area contributed by atoms with Gasteiger partial charge in [0.25, 0.3) is 0 Å². The predicted molar refractivity (Wildman–Crippen MR) is 71.5 cm³/mol. The summed E-state index contributed by atoms with van der Waals surface area (Å²) < 4.78 is 0. The molecule has 90 valence electrons. The molecule has 0 spiro atoms. The number of phenolic OH excluding ortho intramolecular Hbond substituents is 1. The van der Waals surface area contributed by atoms with Gasteiger partial charge < -0.3 is 10.4 Å². The number of nitrogens with one attached hydrogen (secondary N) is 2. The SMILES string of the molecule is Oc1ccccc1CNc1ccc2cn[nH]c2c1. The lowest BCUT2D eigenvalue weighted by Crippen LogP contribution is -1.99. The van der Waals surface area contributed by atoms with Gasteiger partial charge in [-0.05, 0) is 24.3 Å². The van der Waals surface area contributed by atoms with Crippen molar-refractivity contribution in [3.63, 3.8) is 0 Å². The molecule has 0 aliphatic heterocycles. The van der Waals surface area contributed by atoms with Gasteiger partial charge in [-0.1, -0.05) is 18.2 Å². The van der Waals surface area contributed by atoms with Crippen LogP contribution >= 0.6 is 0 Å². The quantitative estimate of drug-likeness (QED) is 0.658. The minimum absolute atomic E-state index is 0.313. The zero-order chi connectivity index (χ0) is 12.4. The first-order valence-corrected chi connectivity index (χ1v) is 5.77. The molecule has 0 saturated heterocycles. The Morgan fingerprint density at radius 3 is 2.94 bits per heavy atom. The fourth-order valence-corrected chi connectivity index (χ4v) is 1.90. The van der Waals surface area contributed by atoms with E-state index in [-0.39, 0.29) is 0 Å². The van der Waals surface area contributed by atoms with Crippen LogP contribution in [0.25, 0.3) is 10.9 Å². The summed E-state index contributed by atoms with van der Waals surface area (Å²) in [6.07, 6.45) is 1.79. The third-order valence-corrected chi connectivity index (χ3v) is 2.92. The number of hydrogen-bond donors (Lipinski definition) is 3. The lowest BCUT2D eigenvalue weighted by atomic mass is 10.2. The van der Waals surface area contributed by atoms with Gasteiger partial charge in [0.2, 0.25) is 0 Å². The van der Waals surface area contributed by atoms with Gasteiger partial charge >= 0.3 is 0 Å². The highest BCUT2D eigenvalue weighted by Gasteiger charge is 2.01. The summed E-state index contributed by atoms with van der Waals surface area (Å²) >= 11 is 0. The number of hydrogen-bond acceptors (Lipinski definition) is 3. The topological polar surface area (TPSA) is 60.9 Å². The van der Waals surface area contributed by atoms with Crippen molar-refractivity contribution in [1.82, 2.24) is 10.2 Å². The molecule has 0 aliphatic rings. The van der Waals surface area contributed by atoms with Crippen LogP contribution in [0.1, 0.15) is 5.56 Å². The van der Waals surface area contributed by atoms with E-state index in [1.165, 1.54) is 0 Å². The van der Waals surface area contributed by atoms with Crippen molar-refractivity contribution in [3.05, 3.63) is 54.2 Å². The Bertz CT molecular complexity index is 675. The molecule has 0 amide bonds. The lowest BCUT2D eigenvalue weighted by Gasteiger charge is -2.07. The van der Waals surface area contributed by atoms with E-state index in [0.717, 1.165) is 22.2 Å². The molecule has 0 aliphatic carbocycles. The number of fused-ring (bicyclic) bond motifs is 1. The van der Waals surface area contributed by atoms with Crippen LogP contribution < -0.4 is 5.32 Å². The van der Waals surface area contributed by atoms with E-state index in [0.29, 0.717) is 12.3 Å². The van der Waals surface area contributed by atoms with Crippen LogP contribution in [0.4, 0.5) is 5.69 Å². The molecule has 0 bridgehead atoms. The van der Waals surface area contributed by atoms with Crippen molar-refractivity contribution in [3.8, 4) is 5.75 Å². The maximum atomic E-state index is 9.67. The zero-order valence-electron chi connectivity index (χ0n) is 9.72. The number of H-pyrrole nitrogens is 1. The summed E-state index contributed by atoms with van der Waals surface area (Å²) in [5.41, 5.74) is 2.87. The summed E-state index contributed by atoms with van der Waals surface area (Å²) in [7, 11) is 0. The zero-order valence-corrected chi connectivity index (χ0v) is 9.72. The summed E-state index contributed by atoms with van der Waals surface area (Å²) in [5.74, 6) is 0.313. The molecule has 0 atom stereocenters. The monoisotopic (exact) mass is 239 g/mol. The van der Waals surface area contributed by atoms with Crippen molar-refractivity contribution in [2.24, 2.45) is 0 Å². The minimum Gasteiger partial charge on any atom is -0.508 e. The first-order valence-electron chi connectivity index (χ1n) is 5.77. The van der Waals surface area contributed by atoms with E-state index in [9.17, 15) is 5.11 Å². The van der Waals surface area contributed by atoms with Crippen LogP contribution in [0, 0.1) is 0 Å². The average molecular weight is 239 g/mol. The van der Waals surface area contributed by atoms with Gasteiger partial charge in [0.15, 0.2) is 0 Å². The van der Waals surface area contributed by atoms with Gasteiger partial charge in [0, 0.05) is 23.2 Å². The Balaban J connectivity index is 1.78. The molecule has 18 heavy (non-hydrogen) atoms. The van der Waals surface area contributed by atoms with Gasteiger partial charge in [-0.25, -0.2) is 0 Å². The summed E-state index contributed by atoms with van der Waals surface area (Å²) in [5, 5.41) is 20.9. The van der Waals surface area contributed by atoms with Crippen molar-refractivity contribution >= 4 is 16.6 Å². The van der Waals surface area contributed by atoms with Gasteiger partial charge in [-0.2, -0.15) is 5.10 Å². The third kappa shape index (κ3) is 2.00. The Morgan fingerprint density at radius 1 is 1.17 bits per heavy atom. The predicted octanol–water partition coefficient (Wildman–Crippen LogP) is 2.88. The highest BCUT2D eigenvalue weighted by atomic mass is 16.3. The lowest BCUT2D eigenvalue weighted by molar-refractivity contribution is 0.469. The van der Waals surface area contributed by atoms with Crippen LogP contribution in [0.15, 0.2) is 48.7 Å². The number of nitrogens with zero attached hydrogens (tertiary/aromatic N) is 1. The standard InChI is InChI=1S/C14H13N3O/c18-14-4-2-1-3-11(14)8-15-12-6-5-10-9-16-17-13(10)7-12/h1-7,9,15,18H,8H2,(H,16,17). The molecule has 0 unspecified atom stereocenters. The molecule has 1 heterocycles. The molecule has 0 radical (unpaired) electrons. The summed E-state index contributed by atoms with van der Waals surface area (Å²) in [4.78, 5) is 0. The Hall–Kier alpha value is -2.49. The summed E-state index contributed by atoms with van der Waals surface area (Å²) in [6.45, 7) is 0.590. The van der Waals surface area contributed by atoms with Crippen molar-refractivity contribution in [1.29, 1.82) is 0 Å². The van der Waals surface area contributed by atoms with E-state index in [1.54, 1.807) is 12.3 Å². The van der Waals surface area contributed by atoms with E-state index in [1.807, 2.05) is 36.4 Å².